The molecule has 4 nitrogen and oxygen atoms in total. The number of amides is 1. The highest BCUT2D eigenvalue weighted by molar-refractivity contribution is 5.80. The van der Waals surface area contributed by atoms with Crippen molar-refractivity contribution in [3.63, 3.8) is 0 Å². The Hall–Kier alpha value is -1.84. The van der Waals surface area contributed by atoms with Crippen LogP contribution < -0.4 is 0 Å². The number of benzene rings is 1. The van der Waals surface area contributed by atoms with Crippen LogP contribution >= 0.6 is 0 Å². The highest BCUT2D eigenvalue weighted by Gasteiger charge is 2.57. The first kappa shape index (κ1) is 22.4. The molecule has 3 aliphatic rings. The van der Waals surface area contributed by atoms with Crippen molar-refractivity contribution >= 4 is 11.9 Å². The lowest BCUT2D eigenvalue weighted by molar-refractivity contribution is -0.145. The van der Waals surface area contributed by atoms with Crippen molar-refractivity contribution < 1.29 is 14.7 Å². The van der Waals surface area contributed by atoms with Gasteiger partial charge in [-0.2, -0.15) is 0 Å². The zero-order chi connectivity index (χ0) is 22.5. The monoisotopic (exact) mass is 425 g/mol. The summed E-state index contributed by atoms with van der Waals surface area (Å²) in [6.45, 7) is 11.0. The molecule has 1 N–H and O–H groups in total. The van der Waals surface area contributed by atoms with Crippen molar-refractivity contribution in [2.45, 2.75) is 97.6 Å². The molecule has 0 heterocycles. The first-order valence-electron chi connectivity index (χ1n) is 12.3. The van der Waals surface area contributed by atoms with Crippen LogP contribution in [-0.4, -0.2) is 34.0 Å². The van der Waals surface area contributed by atoms with E-state index in [2.05, 4.69) is 51.7 Å². The Labute approximate surface area is 187 Å². The molecule has 1 amide bonds. The molecule has 0 saturated heterocycles. The molecule has 1 aromatic carbocycles. The van der Waals surface area contributed by atoms with Gasteiger partial charge in [0.05, 0.1) is 6.42 Å². The largest absolute Gasteiger partial charge is 0.481 e. The number of fused-ring (bicyclic) bond motifs is 5. The standard InChI is InChI=1S/C27H39NO3/c1-16(2)28(17(3)4)26(31)24-11-10-23-22-9-7-19-14-18(15-25(29)30)6-8-20(19)21(22)12-13-27(23,24)5/h6,8,14,16-17,21-24H,7,9-13,15H2,1-5H3,(H,29,30)/t21-,22-,23+,24-,27+/m1/s1. The van der Waals surface area contributed by atoms with Crippen LogP contribution in [0.15, 0.2) is 18.2 Å². The van der Waals surface area contributed by atoms with Gasteiger partial charge in [0.25, 0.3) is 0 Å². The molecular weight excluding hydrogens is 386 g/mol. The van der Waals surface area contributed by atoms with Gasteiger partial charge in [0.2, 0.25) is 5.91 Å². The van der Waals surface area contributed by atoms with Gasteiger partial charge >= 0.3 is 5.97 Å². The number of rotatable bonds is 5. The summed E-state index contributed by atoms with van der Waals surface area (Å²) in [4.78, 5) is 26.9. The summed E-state index contributed by atoms with van der Waals surface area (Å²) >= 11 is 0. The Morgan fingerprint density at radius 1 is 1.10 bits per heavy atom. The van der Waals surface area contributed by atoms with E-state index in [1.807, 2.05) is 6.07 Å². The average Bonchev–Trinajstić information content (AvgIpc) is 3.03. The molecule has 0 bridgehead atoms. The summed E-state index contributed by atoms with van der Waals surface area (Å²) in [6.07, 6.45) is 6.79. The first-order chi connectivity index (χ1) is 14.6. The number of nitrogens with zero attached hydrogens (tertiary/aromatic N) is 1. The van der Waals surface area contributed by atoms with Gasteiger partial charge in [0.1, 0.15) is 0 Å². The van der Waals surface area contributed by atoms with Crippen LogP contribution in [0.2, 0.25) is 0 Å². The van der Waals surface area contributed by atoms with E-state index in [0.717, 1.165) is 31.2 Å². The lowest BCUT2D eigenvalue weighted by atomic mass is 9.54. The minimum atomic E-state index is -0.763. The topological polar surface area (TPSA) is 57.6 Å². The van der Waals surface area contributed by atoms with E-state index >= 15 is 0 Å². The van der Waals surface area contributed by atoms with Crippen LogP contribution in [0.5, 0.6) is 0 Å². The van der Waals surface area contributed by atoms with Crippen molar-refractivity contribution in [3.8, 4) is 0 Å². The van der Waals surface area contributed by atoms with Crippen molar-refractivity contribution in [3.05, 3.63) is 34.9 Å². The molecular formula is C27H39NO3. The molecule has 31 heavy (non-hydrogen) atoms. The van der Waals surface area contributed by atoms with E-state index in [-0.39, 0.29) is 29.8 Å². The predicted molar refractivity (Wildman–Crippen MR) is 123 cm³/mol. The first-order valence-corrected chi connectivity index (χ1v) is 12.3. The van der Waals surface area contributed by atoms with Gasteiger partial charge in [0, 0.05) is 18.0 Å². The lowest BCUT2D eigenvalue weighted by Crippen LogP contribution is -2.50. The predicted octanol–water partition coefficient (Wildman–Crippen LogP) is 5.43. The molecule has 5 atom stereocenters. The minimum Gasteiger partial charge on any atom is -0.481 e. The number of hydrogen-bond acceptors (Lipinski definition) is 2. The molecule has 2 fully saturated rings. The van der Waals surface area contributed by atoms with Crippen LogP contribution in [0.1, 0.15) is 89.3 Å². The van der Waals surface area contributed by atoms with Crippen molar-refractivity contribution in [2.24, 2.45) is 23.2 Å². The summed E-state index contributed by atoms with van der Waals surface area (Å²) < 4.78 is 0. The third kappa shape index (κ3) is 3.81. The van der Waals surface area contributed by atoms with E-state index in [4.69, 9.17) is 5.11 Å². The molecule has 1 aromatic rings. The maximum atomic E-state index is 13.7. The molecule has 2 saturated carbocycles. The second-order valence-corrected chi connectivity index (χ2v) is 11.1. The van der Waals surface area contributed by atoms with Gasteiger partial charge in [-0.15, -0.1) is 0 Å². The summed E-state index contributed by atoms with van der Waals surface area (Å²) in [5.74, 6) is 1.61. The number of carboxylic acid groups (broad SMARTS) is 1. The van der Waals surface area contributed by atoms with E-state index < -0.39 is 5.97 Å². The highest BCUT2D eigenvalue weighted by atomic mass is 16.4. The van der Waals surface area contributed by atoms with Crippen LogP contribution in [0, 0.1) is 23.2 Å². The molecule has 0 aliphatic heterocycles. The Kier molecular flexibility index (Phi) is 5.95. The smallest absolute Gasteiger partial charge is 0.307 e. The van der Waals surface area contributed by atoms with Gasteiger partial charge < -0.3 is 10.0 Å². The average molecular weight is 426 g/mol. The fourth-order valence-electron chi connectivity index (χ4n) is 7.61. The number of hydrogen-bond donors (Lipinski definition) is 1. The molecule has 0 aromatic heterocycles. The van der Waals surface area contributed by atoms with Crippen molar-refractivity contribution in [2.75, 3.05) is 0 Å². The van der Waals surface area contributed by atoms with Crippen LogP contribution in [0.3, 0.4) is 0 Å². The molecule has 0 unspecified atom stereocenters. The second kappa shape index (κ2) is 8.26. The number of aliphatic carboxylic acids is 1. The van der Waals surface area contributed by atoms with Gasteiger partial charge in [-0.1, -0.05) is 25.1 Å². The summed E-state index contributed by atoms with van der Waals surface area (Å²) in [6, 6.07) is 6.86. The van der Waals surface area contributed by atoms with Gasteiger partial charge in [0.15, 0.2) is 0 Å². The quantitative estimate of drug-likeness (QED) is 0.684. The molecule has 0 radical (unpaired) electrons. The summed E-state index contributed by atoms with van der Waals surface area (Å²) in [5.41, 5.74) is 3.84. The number of carbonyl (C=O) groups excluding carboxylic acids is 1. The zero-order valence-corrected chi connectivity index (χ0v) is 19.9. The molecule has 4 rings (SSSR count). The number of carbonyl (C=O) groups is 2. The van der Waals surface area contributed by atoms with E-state index in [9.17, 15) is 9.59 Å². The maximum absolute atomic E-state index is 13.7. The summed E-state index contributed by atoms with van der Waals surface area (Å²) in [5, 5.41) is 9.14. The van der Waals surface area contributed by atoms with Crippen LogP contribution in [-0.2, 0) is 22.4 Å². The molecule has 3 aliphatic carbocycles. The Bertz CT molecular complexity index is 852. The van der Waals surface area contributed by atoms with E-state index in [1.54, 1.807) is 0 Å². The third-order valence-electron chi connectivity index (χ3n) is 8.81. The van der Waals surface area contributed by atoms with Gasteiger partial charge in [-0.25, -0.2) is 0 Å². The fraction of sp³-hybridized carbons (Fsp3) is 0.704. The second-order valence-electron chi connectivity index (χ2n) is 11.1. The van der Waals surface area contributed by atoms with Crippen LogP contribution in [0.4, 0.5) is 0 Å². The number of carboxylic acids is 1. The van der Waals surface area contributed by atoms with E-state index in [1.165, 1.54) is 24.0 Å². The molecule has 170 valence electrons. The lowest BCUT2D eigenvalue weighted by Gasteiger charge is -2.51. The third-order valence-corrected chi connectivity index (χ3v) is 8.81. The Morgan fingerprint density at radius 2 is 1.81 bits per heavy atom. The Balaban J connectivity index is 1.57. The molecule has 0 spiro atoms. The molecule has 4 heteroatoms. The fourth-order valence-corrected chi connectivity index (χ4v) is 7.61. The minimum absolute atomic E-state index is 0.105. The highest BCUT2D eigenvalue weighted by Crippen LogP contribution is 2.63. The normalized spacial score (nSPS) is 31.8. The SMILES string of the molecule is CC(C)N(C(=O)[C@H]1CC[C@H]2[C@@H]3CCc4cc(CC(=O)O)ccc4[C@H]3CC[C@]12C)C(C)C. The van der Waals surface area contributed by atoms with Crippen molar-refractivity contribution in [1.82, 2.24) is 4.90 Å². The number of aryl methyl sites for hydroxylation is 1. The van der Waals surface area contributed by atoms with Gasteiger partial charge in [-0.3, -0.25) is 9.59 Å². The van der Waals surface area contributed by atoms with E-state index in [0.29, 0.717) is 23.7 Å². The maximum Gasteiger partial charge on any atom is 0.307 e. The van der Waals surface area contributed by atoms with Crippen LogP contribution in [0.25, 0.3) is 0 Å². The van der Waals surface area contributed by atoms with Crippen molar-refractivity contribution in [1.29, 1.82) is 0 Å². The summed E-state index contributed by atoms with van der Waals surface area (Å²) in [7, 11) is 0. The Morgan fingerprint density at radius 3 is 2.45 bits per heavy atom. The van der Waals surface area contributed by atoms with Gasteiger partial charge in [-0.05, 0) is 106 Å². The zero-order valence-electron chi connectivity index (χ0n) is 19.9.